The van der Waals surface area contributed by atoms with Crippen molar-refractivity contribution < 1.29 is 4.79 Å². The lowest BCUT2D eigenvalue weighted by Gasteiger charge is -2.01. The smallest absolute Gasteiger partial charge is 0.193 e. The van der Waals surface area contributed by atoms with Crippen LogP contribution in [0.25, 0.3) is 0 Å². The van der Waals surface area contributed by atoms with Crippen LogP contribution in [-0.4, -0.2) is 5.78 Å². The predicted molar refractivity (Wildman–Crippen MR) is 59.9 cm³/mol. The summed E-state index contributed by atoms with van der Waals surface area (Å²) < 4.78 is 0. The molecule has 0 spiro atoms. The van der Waals surface area contributed by atoms with E-state index in [1.807, 2.05) is 31.2 Å². The van der Waals surface area contributed by atoms with E-state index in [-0.39, 0.29) is 5.78 Å². The van der Waals surface area contributed by atoms with Gasteiger partial charge in [0, 0.05) is 11.1 Å². The number of ketones is 1. The van der Waals surface area contributed by atoms with E-state index in [1.165, 1.54) is 0 Å². The second kappa shape index (κ2) is 4.09. The van der Waals surface area contributed by atoms with E-state index < -0.39 is 0 Å². The van der Waals surface area contributed by atoms with Gasteiger partial charge in [0.1, 0.15) is 0 Å². The average Bonchev–Trinajstić information content (AvgIpc) is 2.29. The Hall–Kier alpha value is -1.89. The molecule has 0 aliphatic carbocycles. The molecular weight excluding hydrogens is 184 g/mol. The molecule has 0 aliphatic heterocycles. The Bertz CT molecular complexity index is 472. The third-order valence-electron chi connectivity index (χ3n) is 2.26. The lowest BCUT2D eigenvalue weighted by molar-refractivity contribution is 0.103. The zero-order valence-corrected chi connectivity index (χ0v) is 8.53. The van der Waals surface area contributed by atoms with Gasteiger partial charge >= 0.3 is 0 Å². The number of benzene rings is 2. The molecule has 15 heavy (non-hydrogen) atoms. The van der Waals surface area contributed by atoms with Gasteiger partial charge in [0.15, 0.2) is 5.78 Å². The molecule has 2 aromatic rings. The molecule has 0 unspecified atom stereocenters. The third kappa shape index (κ3) is 2.13. The van der Waals surface area contributed by atoms with Crippen LogP contribution in [0.15, 0.2) is 48.5 Å². The van der Waals surface area contributed by atoms with Crippen LogP contribution in [0.3, 0.4) is 0 Å². The van der Waals surface area contributed by atoms with Gasteiger partial charge in [0.05, 0.1) is 0 Å². The Morgan fingerprint density at radius 1 is 1.07 bits per heavy atom. The fraction of sp³-hybridized carbons (Fsp3) is 0.0714. The molecule has 73 valence electrons. The molecule has 0 atom stereocenters. The summed E-state index contributed by atoms with van der Waals surface area (Å²) in [6.07, 6.45) is 0. The highest BCUT2D eigenvalue weighted by Crippen LogP contribution is 2.10. The van der Waals surface area contributed by atoms with Crippen molar-refractivity contribution in [3.63, 3.8) is 0 Å². The molecule has 0 aliphatic rings. The van der Waals surface area contributed by atoms with Crippen LogP contribution >= 0.6 is 0 Å². The molecule has 2 aromatic carbocycles. The summed E-state index contributed by atoms with van der Waals surface area (Å²) in [5, 5.41) is 0. The molecule has 1 nitrogen and oxygen atoms in total. The highest BCUT2D eigenvalue weighted by Gasteiger charge is 2.07. The maximum Gasteiger partial charge on any atom is 0.193 e. The fourth-order valence-electron chi connectivity index (χ4n) is 1.49. The van der Waals surface area contributed by atoms with Crippen molar-refractivity contribution in [3.05, 3.63) is 71.3 Å². The topological polar surface area (TPSA) is 17.1 Å². The van der Waals surface area contributed by atoms with E-state index in [2.05, 4.69) is 6.07 Å². The van der Waals surface area contributed by atoms with Crippen molar-refractivity contribution in [2.24, 2.45) is 0 Å². The summed E-state index contributed by atoms with van der Waals surface area (Å²) in [7, 11) is 0. The molecule has 0 N–H and O–H groups in total. The van der Waals surface area contributed by atoms with Gasteiger partial charge in [-0.15, -0.1) is 0 Å². The van der Waals surface area contributed by atoms with Crippen molar-refractivity contribution in [3.8, 4) is 0 Å². The standard InChI is InChI=1S/C14H11O/c1-11-6-5-9-13(10-11)14(15)12-7-3-2-4-8-12/h3-10H,1H3. The average molecular weight is 195 g/mol. The van der Waals surface area contributed by atoms with Gasteiger partial charge in [-0.1, -0.05) is 48.0 Å². The molecule has 0 heterocycles. The van der Waals surface area contributed by atoms with Crippen molar-refractivity contribution >= 4 is 5.78 Å². The molecule has 0 amide bonds. The number of hydrogen-bond acceptors (Lipinski definition) is 1. The van der Waals surface area contributed by atoms with Gasteiger partial charge in [0.25, 0.3) is 0 Å². The third-order valence-corrected chi connectivity index (χ3v) is 2.26. The number of carbonyl (C=O) groups is 1. The van der Waals surface area contributed by atoms with E-state index in [0.717, 1.165) is 11.1 Å². The zero-order chi connectivity index (χ0) is 10.7. The molecule has 1 heteroatoms. The minimum atomic E-state index is 0.0627. The van der Waals surface area contributed by atoms with Crippen LogP contribution < -0.4 is 0 Å². The van der Waals surface area contributed by atoms with Crippen molar-refractivity contribution in [1.82, 2.24) is 0 Å². The van der Waals surface area contributed by atoms with Crippen LogP contribution in [0.1, 0.15) is 21.5 Å². The summed E-state index contributed by atoms with van der Waals surface area (Å²) in [6, 6.07) is 17.6. The number of hydrogen-bond donors (Lipinski definition) is 0. The molecule has 0 saturated carbocycles. The van der Waals surface area contributed by atoms with Gasteiger partial charge in [-0.25, -0.2) is 0 Å². The summed E-state index contributed by atoms with van der Waals surface area (Å²) in [5.74, 6) is 0.0627. The number of aryl methyl sites for hydroxylation is 1. The summed E-state index contributed by atoms with van der Waals surface area (Å²) in [6.45, 7) is 1.98. The SMILES string of the molecule is Cc1cccc(C(=O)c2cc[c]cc2)c1. The van der Waals surface area contributed by atoms with Crippen molar-refractivity contribution in [1.29, 1.82) is 0 Å². The van der Waals surface area contributed by atoms with Gasteiger partial charge in [-0.05, 0) is 19.1 Å². The minimum Gasteiger partial charge on any atom is -0.289 e. The Morgan fingerprint density at radius 3 is 2.47 bits per heavy atom. The molecule has 2 rings (SSSR count). The first-order chi connectivity index (χ1) is 7.27. The molecule has 0 fully saturated rings. The van der Waals surface area contributed by atoms with Crippen LogP contribution in [0, 0.1) is 13.0 Å². The highest BCUT2D eigenvalue weighted by atomic mass is 16.1. The number of rotatable bonds is 2. The lowest BCUT2D eigenvalue weighted by atomic mass is 10.0. The monoisotopic (exact) mass is 195 g/mol. The molecule has 0 bridgehead atoms. The number of carbonyl (C=O) groups excluding carboxylic acids is 1. The van der Waals surface area contributed by atoms with Crippen LogP contribution in [0.5, 0.6) is 0 Å². The summed E-state index contributed by atoms with van der Waals surface area (Å²) >= 11 is 0. The first kappa shape index (κ1) is 9.66. The minimum absolute atomic E-state index is 0.0627. The predicted octanol–water partition coefficient (Wildman–Crippen LogP) is 3.03. The Labute approximate surface area is 89.4 Å². The van der Waals surface area contributed by atoms with Crippen LogP contribution in [0.4, 0.5) is 0 Å². The second-order valence-corrected chi connectivity index (χ2v) is 3.49. The molecule has 0 aromatic heterocycles. The highest BCUT2D eigenvalue weighted by molar-refractivity contribution is 6.08. The fourth-order valence-corrected chi connectivity index (χ4v) is 1.49. The Morgan fingerprint density at radius 2 is 1.80 bits per heavy atom. The Balaban J connectivity index is 2.37. The van der Waals surface area contributed by atoms with Gasteiger partial charge < -0.3 is 0 Å². The molecular formula is C14H11O. The van der Waals surface area contributed by atoms with Gasteiger partial charge in [-0.3, -0.25) is 4.79 Å². The summed E-state index contributed by atoms with van der Waals surface area (Å²) in [5.41, 5.74) is 2.55. The maximum absolute atomic E-state index is 12.0. The van der Waals surface area contributed by atoms with Crippen LogP contribution in [-0.2, 0) is 0 Å². The van der Waals surface area contributed by atoms with Crippen molar-refractivity contribution in [2.45, 2.75) is 6.92 Å². The van der Waals surface area contributed by atoms with E-state index in [9.17, 15) is 4.79 Å². The van der Waals surface area contributed by atoms with E-state index in [1.54, 1.807) is 24.3 Å². The van der Waals surface area contributed by atoms with Crippen LogP contribution in [0.2, 0.25) is 0 Å². The maximum atomic E-state index is 12.0. The second-order valence-electron chi connectivity index (χ2n) is 3.49. The van der Waals surface area contributed by atoms with E-state index in [0.29, 0.717) is 5.56 Å². The molecule has 1 radical (unpaired) electrons. The van der Waals surface area contributed by atoms with Gasteiger partial charge in [-0.2, -0.15) is 0 Å². The Kier molecular flexibility index (Phi) is 2.64. The van der Waals surface area contributed by atoms with E-state index >= 15 is 0 Å². The normalized spacial score (nSPS) is 9.93. The first-order valence-electron chi connectivity index (χ1n) is 4.85. The first-order valence-corrected chi connectivity index (χ1v) is 4.85. The largest absolute Gasteiger partial charge is 0.289 e. The quantitative estimate of drug-likeness (QED) is 0.673. The zero-order valence-electron chi connectivity index (χ0n) is 8.53. The van der Waals surface area contributed by atoms with Gasteiger partial charge in [0.2, 0.25) is 0 Å². The van der Waals surface area contributed by atoms with Crippen molar-refractivity contribution in [2.75, 3.05) is 0 Å². The molecule has 0 saturated heterocycles. The van der Waals surface area contributed by atoms with E-state index in [4.69, 9.17) is 0 Å². The summed E-state index contributed by atoms with van der Waals surface area (Å²) in [4.78, 5) is 12.0. The lowest BCUT2D eigenvalue weighted by Crippen LogP contribution is -2.00.